The summed E-state index contributed by atoms with van der Waals surface area (Å²) in [6.45, 7) is 5.51. The first-order valence-corrected chi connectivity index (χ1v) is 4.84. The Hall–Kier alpha value is -0.830. The van der Waals surface area contributed by atoms with Crippen molar-refractivity contribution in [2.24, 2.45) is 0 Å². The summed E-state index contributed by atoms with van der Waals surface area (Å²) in [4.78, 5) is 11.3. The number of amides is 1. The van der Waals surface area contributed by atoms with E-state index in [0.29, 0.717) is 0 Å². The van der Waals surface area contributed by atoms with E-state index in [1.54, 1.807) is 6.08 Å². The number of hydrogen-bond acceptors (Lipinski definition) is 2. The lowest BCUT2D eigenvalue weighted by Crippen LogP contribution is -2.22. The van der Waals surface area contributed by atoms with Crippen LogP contribution in [0.5, 0.6) is 0 Å². The minimum absolute atomic E-state index is 0.00852. The van der Waals surface area contributed by atoms with Crippen molar-refractivity contribution in [2.45, 2.75) is 32.8 Å². The van der Waals surface area contributed by atoms with Gasteiger partial charge in [-0.25, -0.2) is 0 Å². The second-order valence-corrected chi connectivity index (χ2v) is 3.27. The summed E-state index contributed by atoms with van der Waals surface area (Å²) in [6, 6.07) is 0. The Bertz CT molecular complexity index is 211. The van der Waals surface area contributed by atoms with Gasteiger partial charge in [-0.1, -0.05) is 6.92 Å². The molecule has 1 aliphatic rings. The van der Waals surface area contributed by atoms with Gasteiger partial charge in [-0.05, 0) is 25.3 Å². The van der Waals surface area contributed by atoms with Crippen LogP contribution in [0.2, 0.25) is 0 Å². The first-order valence-electron chi connectivity index (χ1n) is 4.84. The first kappa shape index (κ1) is 10.3. The lowest BCUT2D eigenvalue weighted by molar-refractivity contribution is -0.116. The summed E-state index contributed by atoms with van der Waals surface area (Å²) in [7, 11) is 0. The summed E-state index contributed by atoms with van der Waals surface area (Å²) < 4.78 is 5.32. The molecule has 3 nitrogen and oxygen atoms in total. The summed E-state index contributed by atoms with van der Waals surface area (Å²) in [5, 5.41) is 2.81. The van der Waals surface area contributed by atoms with Gasteiger partial charge >= 0.3 is 0 Å². The van der Waals surface area contributed by atoms with Gasteiger partial charge in [-0.15, -0.1) is 0 Å². The maximum absolute atomic E-state index is 11.3. The molecular weight excluding hydrogens is 166 g/mol. The number of nitrogens with one attached hydrogen (secondary N) is 1. The van der Waals surface area contributed by atoms with Crippen molar-refractivity contribution < 1.29 is 9.53 Å². The molecule has 0 bridgehead atoms. The Balaban J connectivity index is 2.40. The summed E-state index contributed by atoms with van der Waals surface area (Å²) in [5.74, 6) is 0.00852. The molecule has 1 N–H and O–H groups in total. The molecule has 1 aliphatic heterocycles. The average molecular weight is 183 g/mol. The van der Waals surface area contributed by atoms with E-state index in [4.69, 9.17) is 4.74 Å². The van der Waals surface area contributed by atoms with Crippen molar-refractivity contribution in [3.63, 3.8) is 0 Å². The quantitative estimate of drug-likeness (QED) is 0.669. The second-order valence-electron chi connectivity index (χ2n) is 3.27. The fraction of sp³-hybridized carbons (Fsp3) is 0.700. The van der Waals surface area contributed by atoms with Crippen LogP contribution in [0.1, 0.15) is 26.7 Å². The monoisotopic (exact) mass is 183 g/mol. The predicted octanol–water partition coefficient (Wildman–Crippen LogP) is 1.25. The molecule has 0 aromatic rings. The molecular formula is C10H17NO2. The van der Waals surface area contributed by atoms with E-state index in [1.165, 1.54) is 0 Å². The third-order valence-electron chi connectivity index (χ3n) is 2.15. The zero-order chi connectivity index (χ0) is 9.68. The topological polar surface area (TPSA) is 38.3 Å². The number of carbonyl (C=O) groups is 1. The van der Waals surface area contributed by atoms with E-state index in [1.807, 2.05) is 13.8 Å². The van der Waals surface area contributed by atoms with Gasteiger partial charge in [0.25, 0.3) is 0 Å². The summed E-state index contributed by atoms with van der Waals surface area (Å²) in [6.07, 6.45) is 3.65. The molecule has 1 unspecified atom stereocenters. The van der Waals surface area contributed by atoms with Crippen LogP contribution in [-0.4, -0.2) is 25.2 Å². The van der Waals surface area contributed by atoms with Gasteiger partial charge in [0.05, 0.1) is 12.7 Å². The maximum Gasteiger partial charge on any atom is 0.244 e. The third-order valence-corrected chi connectivity index (χ3v) is 2.15. The molecule has 13 heavy (non-hydrogen) atoms. The molecule has 1 saturated heterocycles. The molecule has 74 valence electrons. The van der Waals surface area contributed by atoms with E-state index in [9.17, 15) is 4.79 Å². The number of carbonyl (C=O) groups excluding carboxylic acids is 1. The molecule has 0 aromatic heterocycles. The normalized spacial score (nSPS) is 25.1. The standard InChI is InChI=1S/C10H17NO2/c1-3-5-11-10(12)7-9-4-6-13-8(9)2/h7-8H,3-6H2,1-2H3,(H,11,12)/b9-7-. The molecule has 0 aliphatic carbocycles. The molecule has 1 heterocycles. The van der Waals surface area contributed by atoms with Crippen molar-refractivity contribution in [1.82, 2.24) is 5.32 Å². The Kier molecular flexibility index (Phi) is 3.96. The van der Waals surface area contributed by atoms with Crippen LogP contribution in [0, 0.1) is 0 Å². The SMILES string of the molecule is CCCNC(=O)/C=C1/CCOC1C. The minimum Gasteiger partial charge on any atom is -0.374 e. The van der Waals surface area contributed by atoms with Crippen LogP contribution < -0.4 is 5.32 Å². The molecule has 3 heteroatoms. The smallest absolute Gasteiger partial charge is 0.244 e. The van der Waals surface area contributed by atoms with Crippen molar-refractivity contribution in [3.8, 4) is 0 Å². The molecule has 0 aromatic carbocycles. The highest BCUT2D eigenvalue weighted by Crippen LogP contribution is 2.18. The predicted molar refractivity (Wildman–Crippen MR) is 51.4 cm³/mol. The van der Waals surface area contributed by atoms with Crippen LogP contribution >= 0.6 is 0 Å². The van der Waals surface area contributed by atoms with Crippen LogP contribution in [0.3, 0.4) is 0 Å². The van der Waals surface area contributed by atoms with E-state index in [2.05, 4.69) is 5.32 Å². The fourth-order valence-corrected chi connectivity index (χ4v) is 1.32. The van der Waals surface area contributed by atoms with Crippen LogP contribution in [-0.2, 0) is 9.53 Å². The van der Waals surface area contributed by atoms with Gasteiger partial charge in [0.1, 0.15) is 0 Å². The Morgan fingerprint density at radius 2 is 2.54 bits per heavy atom. The van der Waals surface area contributed by atoms with E-state index in [-0.39, 0.29) is 12.0 Å². The summed E-state index contributed by atoms with van der Waals surface area (Å²) >= 11 is 0. The largest absolute Gasteiger partial charge is 0.374 e. The molecule has 1 rings (SSSR count). The zero-order valence-corrected chi connectivity index (χ0v) is 8.30. The molecule has 0 spiro atoms. The minimum atomic E-state index is 0.00852. The van der Waals surface area contributed by atoms with Crippen molar-refractivity contribution in [3.05, 3.63) is 11.6 Å². The third kappa shape index (κ3) is 3.19. The van der Waals surface area contributed by atoms with Gasteiger partial charge in [-0.3, -0.25) is 4.79 Å². The Morgan fingerprint density at radius 1 is 1.77 bits per heavy atom. The lowest BCUT2D eigenvalue weighted by atomic mass is 10.1. The van der Waals surface area contributed by atoms with E-state index < -0.39 is 0 Å². The maximum atomic E-state index is 11.3. The lowest BCUT2D eigenvalue weighted by Gasteiger charge is -2.03. The Labute approximate surface area is 79.2 Å². The average Bonchev–Trinajstić information content (AvgIpc) is 2.48. The summed E-state index contributed by atoms with van der Waals surface area (Å²) in [5.41, 5.74) is 1.11. The van der Waals surface area contributed by atoms with Crippen LogP contribution in [0.25, 0.3) is 0 Å². The van der Waals surface area contributed by atoms with E-state index >= 15 is 0 Å². The highest BCUT2D eigenvalue weighted by Gasteiger charge is 2.17. The number of ether oxygens (including phenoxy) is 1. The molecule has 0 saturated carbocycles. The molecule has 1 amide bonds. The van der Waals surface area contributed by atoms with Gasteiger partial charge in [0.15, 0.2) is 0 Å². The highest BCUT2D eigenvalue weighted by atomic mass is 16.5. The number of hydrogen-bond donors (Lipinski definition) is 1. The van der Waals surface area contributed by atoms with Crippen molar-refractivity contribution >= 4 is 5.91 Å². The van der Waals surface area contributed by atoms with Crippen molar-refractivity contribution in [1.29, 1.82) is 0 Å². The fourth-order valence-electron chi connectivity index (χ4n) is 1.32. The second kappa shape index (κ2) is 5.02. The van der Waals surface area contributed by atoms with Gasteiger partial charge in [0.2, 0.25) is 5.91 Å². The Morgan fingerprint density at radius 3 is 3.08 bits per heavy atom. The molecule has 1 fully saturated rings. The molecule has 1 atom stereocenters. The van der Waals surface area contributed by atoms with E-state index in [0.717, 1.165) is 31.6 Å². The van der Waals surface area contributed by atoms with Crippen molar-refractivity contribution in [2.75, 3.05) is 13.2 Å². The molecule has 0 radical (unpaired) electrons. The van der Waals surface area contributed by atoms with Crippen LogP contribution in [0.4, 0.5) is 0 Å². The van der Waals surface area contributed by atoms with Crippen LogP contribution in [0.15, 0.2) is 11.6 Å². The van der Waals surface area contributed by atoms with Gasteiger partial charge in [0, 0.05) is 12.6 Å². The van der Waals surface area contributed by atoms with Gasteiger partial charge in [-0.2, -0.15) is 0 Å². The number of rotatable bonds is 3. The highest BCUT2D eigenvalue weighted by molar-refractivity contribution is 5.88. The zero-order valence-electron chi connectivity index (χ0n) is 8.30. The first-order chi connectivity index (χ1) is 6.24. The van der Waals surface area contributed by atoms with Gasteiger partial charge < -0.3 is 10.1 Å².